The number of rotatable bonds is 3. The highest BCUT2D eigenvalue weighted by atomic mass is 32.2. The van der Waals surface area contributed by atoms with Crippen LogP contribution in [-0.4, -0.2) is 52.2 Å². The second kappa shape index (κ2) is 5.39. The van der Waals surface area contributed by atoms with Gasteiger partial charge in [-0.3, -0.25) is 4.99 Å². The van der Waals surface area contributed by atoms with Gasteiger partial charge in [-0.25, -0.2) is 0 Å². The number of hydrogen-bond donors (Lipinski definition) is 3. The van der Waals surface area contributed by atoms with Gasteiger partial charge in [0.1, 0.15) is 11.5 Å². The molecule has 0 aromatic carbocycles. The molecule has 0 aromatic heterocycles. The van der Waals surface area contributed by atoms with Crippen LogP contribution in [0.2, 0.25) is 0 Å². The molecule has 2 aliphatic heterocycles. The lowest BCUT2D eigenvalue weighted by molar-refractivity contribution is -0.0743. The molecule has 0 radical (unpaired) electrons. The molecular formula is C11H18N2O3S. The van der Waals surface area contributed by atoms with Gasteiger partial charge in [-0.2, -0.15) is 0 Å². The third kappa shape index (κ3) is 2.49. The first-order valence-corrected chi connectivity index (χ1v) is 6.66. The number of thioether (sulfide) groups is 1. The molecule has 3 N–H and O–H groups in total. The Kier molecular flexibility index (Phi) is 4.09. The van der Waals surface area contributed by atoms with Gasteiger partial charge >= 0.3 is 0 Å². The van der Waals surface area contributed by atoms with E-state index in [2.05, 4.69) is 16.9 Å². The second-order valence-electron chi connectivity index (χ2n) is 4.09. The Bertz CT molecular complexity index is 335. The van der Waals surface area contributed by atoms with Gasteiger partial charge in [-0.05, 0) is 18.9 Å². The molecule has 0 bridgehead atoms. The quantitative estimate of drug-likeness (QED) is 0.626. The van der Waals surface area contributed by atoms with Gasteiger partial charge in [-0.15, -0.1) is 0 Å². The van der Waals surface area contributed by atoms with Crippen LogP contribution >= 0.6 is 11.8 Å². The van der Waals surface area contributed by atoms with Crippen molar-refractivity contribution in [2.45, 2.75) is 37.0 Å². The highest BCUT2D eigenvalue weighted by Crippen LogP contribution is 2.36. The number of nitrogens with zero attached hydrogens (tertiary/aromatic N) is 1. The molecular weight excluding hydrogens is 240 g/mol. The van der Waals surface area contributed by atoms with Gasteiger partial charge in [-0.1, -0.05) is 18.3 Å². The monoisotopic (exact) mass is 258 g/mol. The van der Waals surface area contributed by atoms with Crippen molar-refractivity contribution in [1.29, 1.82) is 0 Å². The number of aliphatic hydroxyl groups excluding tert-OH is 2. The van der Waals surface area contributed by atoms with Crippen molar-refractivity contribution in [2.24, 2.45) is 4.99 Å². The summed E-state index contributed by atoms with van der Waals surface area (Å²) >= 11 is 1.52. The Labute approximate surface area is 105 Å². The van der Waals surface area contributed by atoms with Crippen molar-refractivity contribution in [1.82, 2.24) is 5.32 Å². The number of ether oxygens (including phenoxy) is 1. The van der Waals surface area contributed by atoms with Crippen LogP contribution in [0.5, 0.6) is 0 Å². The highest BCUT2D eigenvalue weighted by Gasteiger charge is 2.44. The molecule has 4 atom stereocenters. The molecule has 1 unspecified atom stereocenters. The molecule has 17 heavy (non-hydrogen) atoms. The molecule has 96 valence electrons. The largest absolute Gasteiger partial charge is 0.396 e. The minimum Gasteiger partial charge on any atom is -0.396 e. The zero-order valence-corrected chi connectivity index (χ0v) is 10.6. The molecule has 2 saturated heterocycles. The Hall–Kier alpha value is -0.560. The summed E-state index contributed by atoms with van der Waals surface area (Å²) in [6.45, 7) is 6.60. The fraction of sp³-hybridized carbons (Fsp3) is 0.727. The predicted octanol–water partition coefficient (Wildman–Crippen LogP) is 0.0917. The van der Waals surface area contributed by atoms with Crippen LogP contribution in [0.4, 0.5) is 0 Å². The molecule has 0 aliphatic carbocycles. The first-order chi connectivity index (χ1) is 8.17. The Morgan fingerprint density at radius 3 is 3.00 bits per heavy atom. The molecule has 2 rings (SSSR count). The summed E-state index contributed by atoms with van der Waals surface area (Å²) in [6, 6.07) is -0.0877. The van der Waals surface area contributed by atoms with Crippen molar-refractivity contribution in [3.05, 3.63) is 12.2 Å². The van der Waals surface area contributed by atoms with Crippen molar-refractivity contribution in [3.8, 4) is 0 Å². The van der Waals surface area contributed by atoms with Gasteiger partial charge in [0.2, 0.25) is 0 Å². The number of aliphatic imine (C=N–C) groups is 1. The first kappa shape index (κ1) is 12.9. The number of aliphatic hydroxyl groups is 2. The van der Waals surface area contributed by atoms with E-state index in [-0.39, 0.29) is 24.2 Å². The fourth-order valence-electron chi connectivity index (χ4n) is 2.04. The normalized spacial score (nSPS) is 39.2. The maximum Gasteiger partial charge on any atom is 0.159 e. The van der Waals surface area contributed by atoms with Crippen molar-refractivity contribution in [2.75, 3.05) is 13.2 Å². The van der Waals surface area contributed by atoms with E-state index >= 15 is 0 Å². The lowest BCUT2D eigenvalue weighted by Gasteiger charge is -2.36. The molecule has 0 aromatic rings. The minimum absolute atomic E-state index is 0.000392. The van der Waals surface area contributed by atoms with E-state index in [1.165, 1.54) is 11.8 Å². The van der Waals surface area contributed by atoms with E-state index in [0.717, 1.165) is 5.17 Å². The zero-order chi connectivity index (χ0) is 12.4. The van der Waals surface area contributed by atoms with E-state index in [1.54, 1.807) is 0 Å². The Morgan fingerprint density at radius 2 is 2.35 bits per heavy atom. The predicted molar refractivity (Wildman–Crippen MR) is 68.0 cm³/mol. The average Bonchev–Trinajstić information content (AvgIpc) is 2.69. The molecule has 0 amide bonds. The topological polar surface area (TPSA) is 74.1 Å². The Morgan fingerprint density at radius 1 is 1.59 bits per heavy atom. The highest BCUT2D eigenvalue weighted by molar-refractivity contribution is 8.14. The molecule has 0 saturated carbocycles. The lowest BCUT2D eigenvalue weighted by Crippen LogP contribution is -2.50. The van der Waals surface area contributed by atoms with Crippen LogP contribution in [0, 0.1) is 0 Å². The third-order valence-electron chi connectivity index (χ3n) is 2.93. The van der Waals surface area contributed by atoms with Crippen LogP contribution in [0.15, 0.2) is 17.1 Å². The van der Waals surface area contributed by atoms with E-state index in [1.807, 2.05) is 6.92 Å². The summed E-state index contributed by atoms with van der Waals surface area (Å²) < 4.78 is 5.76. The zero-order valence-electron chi connectivity index (χ0n) is 9.80. The van der Waals surface area contributed by atoms with E-state index in [9.17, 15) is 5.11 Å². The number of amidine groups is 1. The molecule has 6 heteroatoms. The molecule has 2 heterocycles. The SMILES string of the molecule is C=C1[C@H]2NC(=NCC)S[C@H]2OC(CCO)[C@H]1O. The van der Waals surface area contributed by atoms with Gasteiger partial charge in [0, 0.05) is 13.2 Å². The maximum absolute atomic E-state index is 10.0. The lowest BCUT2D eigenvalue weighted by atomic mass is 9.94. The molecule has 2 aliphatic rings. The smallest absolute Gasteiger partial charge is 0.159 e. The molecule has 2 fully saturated rings. The fourth-order valence-corrected chi connectivity index (χ4v) is 3.23. The van der Waals surface area contributed by atoms with Gasteiger partial charge < -0.3 is 20.3 Å². The van der Waals surface area contributed by atoms with E-state index in [0.29, 0.717) is 18.5 Å². The van der Waals surface area contributed by atoms with Crippen molar-refractivity contribution in [3.63, 3.8) is 0 Å². The van der Waals surface area contributed by atoms with Crippen LogP contribution in [-0.2, 0) is 4.74 Å². The number of hydrogen-bond acceptors (Lipinski definition) is 5. The average molecular weight is 258 g/mol. The number of nitrogens with one attached hydrogen (secondary N) is 1. The van der Waals surface area contributed by atoms with E-state index < -0.39 is 6.10 Å². The van der Waals surface area contributed by atoms with Crippen LogP contribution in [0.1, 0.15) is 13.3 Å². The van der Waals surface area contributed by atoms with Crippen molar-refractivity contribution >= 4 is 16.9 Å². The summed E-state index contributed by atoms with van der Waals surface area (Å²) in [5.41, 5.74) is 0.612. The Balaban J connectivity index is 2.09. The van der Waals surface area contributed by atoms with Gasteiger partial charge in [0.05, 0.1) is 12.1 Å². The van der Waals surface area contributed by atoms with Gasteiger partial charge in [0.25, 0.3) is 0 Å². The van der Waals surface area contributed by atoms with Crippen LogP contribution in [0.3, 0.4) is 0 Å². The summed E-state index contributed by atoms with van der Waals surface area (Å²) in [4.78, 5) is 4.29. The van der Waals surface area contributed by atoms with Crippen LogP contribution in [0.25, 0.3) is 0 Å². The summed E-state index contributed by atoms with van der Waals surface area (Å²) in [5.74, 6) is 0. The van der Waals surface area contributed by atoms with Gasteiger partial charge in [0.15, 0.2) is 5.17 Å². The standard InChI is InChI=1S/C11H18N2O3S/c1-3-12-11-13-8-6(2)9(15)7(4-5-14)16-10(8)17-11/h7-10,14-15H,2-5H2,1H3,(H,12,13)/t7?,8-,9+,10-/m1/s1. The van der Waals surface area contributed by atoms with Crippen LogP contribution < -0.4 is 5.32 Å². The first-order valence-electron chi connectivity index (χ1n) is 5.78. The summed E-state index contributed by atoms with van der Waals surface area (Å²) in [5, 5.41) is 23.0. The third-order valence-corrected chi connectivity index (χ3v) is 4.02. The molecule has 5 nitrogen and oxygen atoms in total. The molecule has 0 spiro atoms. The van der Waals surface area contributed by atoms with E-state index in [4.69, 9.17) is 9.84 Å². The number of fused-ring (bicyclic) bond motifs is 1. The summed E-state index contributed by atoms with van der Waals surface area (Å²) in [6.07, 6.45) is -0.675. The van der Waals surface area contributed by atoms with Crippen molar-refractivity contribution < 1.29 is 14.9 Å². The minimum atomic E-state index is -0.725. The maximum atomic E-state index is 10.0. The second-order valence-corrected chi connectivity index (χ2v) is 5.18. The summed E-state index contributed by atoms with van der Waals surface area (Å²) in [7, 11) is 0.